The molecule has 1 saturated carbocycles. The number of rotatable bonds is 8. The second-order valence-corrected chi connectivity index (χ2v) is 7.65. The van der Waals surface area contributed by atoms with Crippen LogP contribution in [0.5, 0.6) is 11.5 Å². The van der Waals surface area contributed by atoms with Crippen LogP contribution in [0.1, 0.15) is 26.7 Å². The number of carbonyl (C=O) groups is 1. The largest absolute Gasteiger partial charge is 0.490 e. The monoisotopic (exact) mass is 434 g/mol. The van der Waals surface area contributed by atoms with E-state index in [9.17, 15) is 18.0 Å². The number of hydrogen-bond acceptors (Lipinski definition) is 5. The van der Waals surface area contributed by atoms with Gasteiger partial charge in [0.2, 0.25) is 23.4 Å². The van der Waals surface area contributed by atoms with E-state index in [-0.39, 0.29) is 52.6 Å². The zero-order valence-electron chi connectivity index (χ0n) is 17.0. The predicted molar refractivity (Wildman–Crippen MR) is 106 cm³/mol. The van der Waals surface area contributed by atoms with E-state index in [2.05, 4.69) is 10.3 Å². The number of amides is 1. The molecule has 1 fully saturated rings. The van der Waals surface area contributed by atoms with E-state index >= 15 is 0 Å². The van der Waals surface area contributed by atoms with Crippen LogP contribution < -0.4 is 14.8 Å². The van der Waals surface area contributed by atoms with Crippen LogP contribution in [0, 0.1) is 23.4 Å². The van der Waals surface area contributed by atoms with Crippen molar-refractivity contribution in [1.29, 1.82) is 0 Å². The Labute approximate surface area is 176 Å². The van der Waals surface area contributed by atoms with Crippen molar-refractivity contribution in [3.63, 3.8) is 0 Å². The lowest BCUT2D eigenvalue weighted by Crippen LogP contribution is -2.35. The molecule has 1 aliphatic carbocycles. The number of halogens is 3. The van der Waals surface area contributed by atoms with Gasteiger partial charge in [-0.05, 0) is 49.9 Å². The fourth-order valence-electron chi connectivity index (χ4n) is 3.07. The van der Waals surface area contributed by atoms with Gasteiger partial charge in [-0.3, -0.25) is 4.79 Å². The van der Waals surface area contributed by atoms with E-state index in [0.29, 0.717) is 12.5 Å². The number of benzene rings is 2. The lowest BCUT2D eigenvalue weighted by molar-refractivity contribution is -0.119. The number of aromatic nitrogens is 1. The van der Waals surface area contributed by atoms with Crippen molar-refractivity contribution in [2.45, 2.75) is 32.7 Å². The van der Waals surface area contributed by atoms with Gasteiger partial charge in [-0.15, -0.1) is 0 Å². The molecular formula is C22H21F3N2O4. The van der Waals surface area contributed by atoms with Crippen LogP contribution in [0.2, 0.25) is 0 Å². The molecule has 2 aromatic carbocycles. The van der Waals surface area contributed by atoms with Gasteiger partial charge in [0.05, 0.1) is 18.2 Å². The summed E-state index contributed by atoms with van der Waals surface area (Å²) >= 11 is 0. The minimum Gasteiger partial charge on any atom is -0.490 e. The molecule has 164 valence electrons. The number of fused-ring (bicyclic) bond motifs is 1. The van der Waals surface area contributed by atoms with E-state index in [1.54, 1.807) is 6.92 Å². The highest BCUT2D eigenvalue weighted by Gasteiger charge is 2.25. The first-order chi connectivity index (χ1) is 14.8. The number of nitrogens with zero attached hydrogens (tertiary/aromatic N) is 1. The minimum atomic E-state index is -1.18. The van der Waals surface area contributed by atoms with Gasteiger partial charge in [0, 0.05) is 6.92 Å². The SMILES string of the molecule is CC(=O)N[C@@H](C)COc1ccc2nc(-c3ccc(OCC4CC4)c(F)c3F)oc2c1F. The molecule has 1 aliphatic rings. The van der Waals surface area contributed by atoms with Crippen LogP contribution in [0.3, 0.4) is 0 Å². The Morgan fingerprint density at radius 2 is 1.84 bits per heavy atom. The van der Waals surface area contributed by atoms with Crippen molar-refractivity contribution in [3.05, 3.63) is 41.7 Å². The van der Waals surface area contributed by atoms with Gasteiger partial charge < -0.3 is 19.2 Å². The summed E-state index contributed by atoms with van der Waals surface area (Å²) in [6, 6.07) is 5.06. The molecule has 0 spiro atoms. The van der Waals surface area contributed by atoms with Crippen LogP contribution in [0.25, 0.3) is 22.6 Å². The number of hydrogen-bond donors (Lipinski definition) is 1. The molecule has 1 aromatic heterocycles. The highest BCUT2D eigenvalue weighted by atomic mass is 19.2. The van der Waals surface area contributed by atoms with Gasteiger partial charge in [0.25, 0.3) is 0 Å². The zero-order chi connectivity index (χ0) is 22.1. The molecule has 1 atom stereocenters. The highest BCUT2D eigenvalue weighted by Crippen LogP contribution is 2.35. The summed E-state index contributed by atoms with van der Waals surface area (Å²) in [6.07, 6.45) is 2.04. The normalized spacial score (nSPS) is 14.5. The van der Waals surface area contributed by atoms with Crippen molar-refractivity contribution in [3.8, 4) is 23.0 Å². The van der Waals surface area contributed by atoms with Crippen molar-refractivity contribution in [1.82, 2.24) is 10.3 Å². The second kappa shape index (κ2) is 8.49. The lowest BCUT2D eigenvalue weighted by atomic mass is 10.2. The maximum atomic E-state index is 14.8. The number of oxazole rings is 1. The predicted octanol–water partition coefficient (Wildman–Crippen LogP) is 4.60. The Balaban J connectivity index is 1.57. The maximum Gasteiger partial charge on any atom is 0.230 e. The maximum absolute atomic E-state index is 14.8. The van der Waals surface area contributed by atoms with Crippen LogP contribution >= 0.6 is 0 Å². The van der Waals surface area contributed by atoms with E-state index in [1.807, 2.05) is 0 Å². The van der Waals surface area contributed by atoms with Crippen LogP contribution in [0.4, 0.5) is 13.2 Å². The van der Waals surface area contributed by atoms with Crippen LogP contribution in [-0.2, 0) is 4.79 Å². The van der Waals surface area contributed by atoms with Gasteiger partial charge in [-0.25, -0.2) is 9.37 Å². The third-order valence-corrected chi connectivity index (χ3v) is 4.85. The van der Waals surface area contributed by atoms with Gasteiger partial charge in [-0.2, -0.15) is 8.78 Å². The van der Waals surface area contributed by atoms with Crippen molar-refractivity contribution < 1.29 is 31.9 Å². The molecule has 0 aliphatic heterocycles. The molecular weight excluding hydrogens is 413 g/mol. The Bertz CT molecular complexity index is 1130. The molecule has 4 rings (SSSR count). The fourth-order valence-corrected chi connectivity index (χ4v) is 3.07. The summed E-state index contributed by atoms with van der Waals surface area (Å²) in [4.78, 5) is 15.1. The molecule has 0 unspecified atom stereocenters. The average Bonchev–Trinajstić information content (AvgIpc) is 3.45. The van der Waals surface area contributed by atoms with Crippen molar-refractivity contribution in [2.75, 3.05) is 13.2 Å². The summed E-state index contributed by atoms with van der Waals surface area (Å²) in [7, 11) is 0. The molecule has 0 saturated heterocycles. The number of ether oxygens (including phenoxy) is 2. The summed E-state index contributed by atoms with van der Waals surface area (Å²) in [5.74, 6) is -3.54. The third-order valence-electron chi connectivity index (χ3n) is 4.85. The van der Waals surface area contributed by atoms with E-state index in [0.717, 1.165) is 12.8 Å². The zero-order valence-corrected chi connectivity index (χ0v) is 17.0. The molecule has 1 amide bonds. The Kier molecular flexibility index (Phi) is 5.75. The molecule has 6 nitrogen and oxygen atoms in total. The first kappa shape index (κ1) is 21.0. The van der Waals surface area contributed by atoms with E-state index in [4.69, 9.17) is 13.9 Å². The third kappa shape index (κ3) is 4.60. The molecule has 0 bridgehead atoms. The average molecular weight is 434 g/mol. The molecule has 3 aromatic rings. The minimum absolute atomic E-state index is 0.0329. The standard InChI is InChI=1S/C22H21F3N2O4/c1-11(26-12(2)28)9-29-17-8-6-15-21(20(17)25)31-22(27-15)14-5-7-16(19(24)18(14)23)30-10-13-3-4-13/h5-8,11,13H,3-4,9-10H2,1-2H3,(H,26,28)/t11-/m0/s1. The molecule has 1 heterocycles. The molecule has 0 radical (unpaired) electrons. The Morgan fingerprint density at radius 3 is 2.55 bits per heavy atom. The van der Waals surface area contributed by atoms with E-state index < -0.39 is 17.5 Å². The lowest BCUT2D eigenvalue weighted by Gasteiger charge is -2.14. The van der Waals surface area contributed by atoms with E-state index in [1.165, 1.54) is 31.2 Å². The van der Waals surface area contributed by atoms with Crippen LogP contribution in [-0.4, -0.2) is 30.1 Å². The first-order valence-corrected chi connectivity index (χ1v) is 9.93. The molecule has 9 heteroatoms. The van der Waals surface area contributed by atoms with Gasteiger partial charge in [0.1, 0.15) is 12.1 Å². The Morgan fingerprint density at radius 1 is 1.13 bits per heavy atom. The summed E-state index contributed by atoms with van der Waals surface area (Å²) in [6.45, 7) is 3.45. The topological polar surface area (TPSA) is 73.6 Å². The highest BCUT2D eigenvalue weighted by molar-refractivity contribution is 5.78. The smallest absolute Gasteiger partial charge is 0.230 e. The quantitative estimate of drug-likeness (QED) is 0.561. The molecule has 1 N–H and O–H groups in total. The first-order valence-electron chi connectivity index (χ1n) is 9.93. The fraction of sp³-hybridized carbons (Fsp3) is 0.364. The van der Waals surface area contributed by atoms with Gasteiger partial charge >= 0.3 is 0 Å². The van der Waals surface area contributed by atoms with Gasteiger partial charge in [-0.1, -0.05) is 0 Å². The van der Waals surface area contributed by atoms with Crippen LogP contribution in [0.15, 0.2) is 28.7 Å². The van der Waals surface area contributed by atoms with Gasteiger partial charge in [0.15, 0.2) is 22.9 Å². The second-order valence-electron chi connectivity index (χ2n) is 7.65. The summed E-state index contributed by atoms with van der Waals surface area (Å²) < 4.78 is 59.9. The van der Waals surface area contributed by atoms with Crippen molar-refractivity contribution in [2.24, 2.45) is 5.92 Å². The summed E-state index contributed by atoms with van der Waals surface area (Å²) in [5.41, 5.74) is -0.356. The molecule has 31 heavy (non-hydrogen) atoms. The number of nitrogens with one attached hydrogen (secondary N) is 1. The summed E-state index contributed by atoms with van der Waals surface area (Å²) in [5, 5.41) is 2.62. The Hall–Kier alpha value is -3.23. The number of carbonyl (C=O) groups excluding carboxylic acids is 1. The van der Waals surface area contributed by atoms with Crippen molar-refractivity contribution >= 4 is 17.0 Å².